The highest BCUT2D eigenvalue weighted by Crippen LogP contribution is 2.41. The van der Waals surface area contributed by atoms with Gasteiger partial charge in [-0.15, -0.1) is 0 Å². The van der Waals surface area contributed by atoms with Crippen LogP contribution in [0.4, 0.5) is 0 Å². The molecule has 19 heavy (non-hydrogen) atoms. The van der Waals surface area contributed by atoms with Crippen LogP contribution in [0.25, 0.3) is 0 Å². The van der Waals surface area contributed by atoms with Crippen molar-refractivity contribution < 1.29 is 14.3 Å². The first-order valence-corrected chi connectivity index (χ1v) is 6.34. The van der Waals surface area contributed by atoms with Gasteiger partial charge in [-0.1, -0.05) is 30.3 Å². The number of Topliss-reactive ketones (excluding diaryl/α,β-unsaturated/α-hetero) is 1. The Morgan fingerprint density at radius 2 is 1.84 bits per heavy atom. The second-order valence-electron chi connectivity index (χ2n) is 4.88. The van der Waals surface area contributed by atoms with E-state index < -0.39 is 0 Å². The van der Waals surface area contributed by atoms with Crippen LogP contribution in [0.15, 0.2) is 42.5 Å². The molecule has 3 heteroatoms. The van der Waals surface area contributed by atoms with E-state index in [0.29, 0.717) is 6.42 Å². The van der Waals surface area contributed by atoms with Gasteiger partial charge in [0.2, 0.25) is 6.79 Å². The fourth-order valence-corrected chi connectivity index (χ4v) is 2.89. The molecule has 0 unspecified atom stereocenters. The molecular weight excluding hydrogens is 240 g/mol. The van der Waals surface area contributed by atoms with Gasteiger partial charge in [0.15, 0.2) is 17.3 Å². The van der Waals surface area contributed by atoms with Gasteiger partial charge < -0.3 is 9.47 Å². The lowest BCUT2D eigenvalue weighted by atomic mass is 9.93. The Hall–Kier alpha value is -2.29. The summed E-state index contributed by atoms with van der Waals surface area (Å²) in [6, 6.07) is 13.8. The molecule has 4 rings (SSSR count). The number of ether oxygens (including phenoxy) is 2. The van der Waals surface area contributed by atoms with Gasteiger partial charge in [0.05, 0.1) is 0 Å². The molecule has 3 nitrogen and oxygen atoms in total. The number of hydrogen-bond acceptors (Lipinski definition) is 3. The third kappa shape index (κ3) is 1.55. The molecule has 0 aromatic heterocycles. The number of carbonyl (C=O) groups excluding carboxylic acids is 1. The number of benzene rings is 2. The molecule has 1 aliphatic carbocycles. The molecule has 2 aliphatic rings. The van der Waals surface area contributed by atoms with Gasteiger partial charge in [-0.3, -0.25) is 4.79 Å². The van der Waals surface area contributed by atoms with Gasteiger partial charge in [0.25, 0.3) is 0 Å². The second kappa shape index (κ2) is 3.85. The zero-order valence-electron chi connectivity index (χ0n) is 10.3. The lowest BCUT2D eigenvalue weighted by Gasteiger charge is -2.11. The standard InChI is InChI=1S/C16H12O3/c17-14-8-13(11-3-1-2-4-12(11)14)10-5-6-15-16(7-10)19-9-18-15/h1-7,13H,8-9H2/t13-/m1/s1. The van der Waals surface area contributed by atoms with Crippen molar-refractivity contribution in [3.05, 3.63) is 59.2 Å². The van der Waals surface area contributed by atoms with E-state index in [1.165, 1.54) is 0 Å². The van der Waals surface area contributed by atoms with Crippen LogP contribution in [0.2, 0.25) is 0 Å². The predicted molar refractivity (Wildman–Crippen MR) is 69.8 cm³/mol. The van der Waals surface area contributed by atoms with Crippen LogP contribution in [0.5, 0.6) is 11.5 Å². The minimum atomic E-state index is 0.137. The van der Waals surface area contributed by atoms with E-state index in [2.05, 4.69) is 0 Å². The Morgan fingerprint density at radius 1 is 1.00 bits per heavy atom. The van der Waals surface area contributed by atoms with Gasteiger partial charge in [0, 0.05) is 17.9 Å². The molecule has 0 spiro atoms. The van der Waals surface area contributed by atoms with Crippen LogP contribution >= 0.6 is 0 Å². The first-order chi connectivity index (χ1) is 9.33. The molecule has 1 aliphatic heterocycles. The van der Waals surface area contributed by atoms with Gasteiger partial charge in [-0.05, 0) is 23.3 Å². The van der Waals surface area contributed by atoms with Crippen molar-refractivity contribution in [2.75, 3.05) is 6.79 Å². The van der Waals surface area contributed by atoms with E-state index in [4.69, 9.17) is 9.47 Å². The SMILES string of the molecule is O=C1C[C@H](c2ccc3c(c2)OCO3)c2ccccc21. The Balaban J connectivity index is 1.80. The Morgan fingerprint density at radius 3 is 2.79 bits per heavy atom. The molecule has 0 radical (unpaired) electrons. The van der Waals surface area contributed by atoms with E-state index in [1.807, 2.05) is 42.5 Å². The summed E-state index contributed by atoms with van der Waals surface area (Å²) in [5.41, 5.74) is 3.08. The lowest BCUT2D eigenvalue weighted by molar-refractivity contribution is 0.0991. The maximum atomic E-state index is 12.0. The second-order valence-corrected chi connectivity index (χ2v) is 4.88. The first kappa shape index (κ1) is 10.6. The van der Waals surface area contributed by atoms with Crippen molar-refractivity contribution in [1.82, 2.24) is 0 Å². The van der Waals surface area contributed by atoms with Crippen molar-refractivity contribution in [3.8, 4) is 11.5 Å². The highest BCUT2D eigenvalue weighted by atomic mass is 16.7. The van der Waals surface area contributed by atoms with Crippen LogP contribution in [0.3, 0.4) is 0 Å². The van der Waals surface area contributed by atoms with Crippen molar-refractivity contribution in [2.24, 2.45) is 0 Å². The van der Waals surface area contributed by atoms with E-state index in [0.717, 1.165) is 28.2 Å². The van der Waals surface area contributed by atoms with Gasteiger partial charge >= 0.3 is 0 Å². The van der Waals surface area contributed by atoms with Crippen molar-refractivity contribution in [3.63, 3.8) is 0 Å². The molecule has 0 amide bonds. The molecule has 0 saturated carbocycles. The molecule has 1 heterocycles. The number of fused-ring (bicyclic) bond motifs is 2. The van der Waals surface area contributed by atoms with E-state index in [-0.39, 0.29) is 18.5 Å². The maximum Gasteiger partial charge on any atom is 0.231 e. The lowest BCUT2D eigenvalue weighted by Crippen LogP contribution is -1.96. The zero-order valence-corrected chi connectivity index (χ0v) is 10.3. The number of carbonyl (C=O) groups is 1. The summed E-state index contributed by atoms with van der Waals surface area (Å²) in [4.78, 5) is 12.0. The van der Waals surface area contributed by atoms with Crippen LogP contribution in [0, 0.1) is 0 Å². The van der Waals surface area contributed by atoms with Crippen LogP contribution < -0.4 is 9.47 Å². The first-order valence-electron chi connectivity index (χ1n) is 6.34. The molecular formula is C16H12O3. The fraction of sp³-hybridized carbons (Fsp3) is 0.188. The minimum Gasteiger partial charge on any atom is -0.454 e. The number of hydrogen-bond donors (Lipinski definition) is 0. The summed E-state index contributed by atoms with van der Waals surface area (Å²) in [6.07, 6.45) is 0.541. The van der Waals surface area contributed by atoms with Gasteiger partial charge in [0.1, 0.15) is 0 Å². The highest BCUT2D eigenvalue weighted by molar-refractivity contribution is 6.01. The average molecular weight is 252 g/mol. The quantitative estimate of drug-likeness (QED) is 0.782. The van der Waals surface area contributed by atoms with Crippen LogP contribution in [-0.4, -0.2) is 12.6 Å². The largest absolute Gasteiger partial charge is 0.454 e. The summed E-state index contributed by atoms with van der Waals surface area (Å²) in [6.45, 7) is 0.277. The molecule has 2 aromatic carbocycles. The molecule has 0 bridgehead atoms. The Kier molecular flexibility index (Phi) is 2.15. The van der Waals surface area contributed by atoms with Crippen LogP contribution in [-0.2, 0) is 0 Å². The summed E-state index contributed by atoms with van der Waals surface area (Å²) in [5.74, 6) is 1.91. The number of ketones is 1. The summed E-state index contributed by atoms with van der Waals surface area (Å²) >= 11 is 0. The smallest absolute Gasteiger partial charge is 0.231 e. The zero-order chi connectivity index (χ0) is 12.8. The molecule has 0 saturated heterocycles. The summed E-state index contributed by atoms with van der Waals surface area (Å²) in [5, 5.41) is 0. The average Bonchev–Trinajstić information content (AvgIpc) is 3.03. The Labute approximate surface area is 110 Å². The number of rotatable bonds is 1. The van der Waals surface area contributed by atoms with Crippen molar-refractivity contribution in [1.29, 1.82) is 0 Å². The molecule has 1 atom stereocenters. The summed E-state index contributed by atoms with van der Waals surface area (Å²) in [7, 11) is 0. The molecule has 0 fully saturated rings. The topological polar surface area (TPSA) is 35.5 Å². The van der Waals surface area contributed by atoms with Crippen LogP contribution in [0.1, 0.15) is 33.8 Å². The van der Waals surface area contributed by atoms with Crippen molar-refractivity contribution >= 4 is 5.78 Å². The summed E-state index contributed by atoms with van der Waals surface area (Å²) < 4.78 is 10.7. The van der Waals surface area contributed by atoms with Gasteiger partial charge in [-0.2, -0.15) is 0 Å². The molecule has 0 N–H and O–H groups in total. The maximum absolute atomic E-state index is 12.0. The third-order valence-electron chi connectivity index (χ3n) is 3.83. The minimum absolute atomic E-state index is 0.137. The van der Waals surface area contributed by atoms with Crippen molar-refractivity contribution in [2.45, 2.75) is 12.3 Å². The normalized spacial score (nSPS) is 19.6. The fourth-order valence-electron chi connectivity index (χ4n) is 2.89. The van der Waals surface area contributed by atoms with E-state index >= 15 is 0 Å². The molecule has 94 valence electrons. The van der Waals surface area contributed by atoms with E-state index in [1.54, 1.807) is 0 Å². The predicted octanol–water partition coefficient (Wildman–Crippen LogP) is 3.13. The molecule has 2 aromatic rings. The highest BCUT2D eigenvalue weighted by Gasteiger charge is 2.30. The van der Waals surface area contributed by atoms with E-state index in [9.17, 15) is 4.79 Å². The monoisotopic (exact) mass is 252 g/mol. The third-order valence-corrected chi connectivity index (χ3v) is 3.83. The van der Waals surface area contributed by atoms with Gasteiger partial charge in [-0.25, -0.2) is 0 Å². The Bertz CT molecular complexity index is 675.